The highest BCUT2D eigenvalue weighted by Crippen LogP contribution is 2.38. The lowest BCUT2D eigenvalue weighted by Crippen LogP contribution is -2.19. The first-order valence-electron chi connectivity index (χ1n) is 11.5. The Kier molecular flexibility index (Phi) is 4.13. The second-order valence-corrected chi connectivity index (χ2v) is 10.0. The number of hydrogen-bond donors (Lipinski definition) is 0. The Bertz CT molecular complexity index is 1820. The summed E-state index contributed by atoms with van der Waals surface area (Å²) in [6.45, 7) is 13.4. The van der Waals surface area contributed by atoms with Gasteiger partial charge in [-0.3, -0.25) is 4.24 Å². The Hall–Kier alpha value is -3.78. The van der Waals surface area contributed by atoms with Crippen LogP contribution in [0.25, 0.3) is 43.8 Å². The summed E-state index contributed by atoms with van der Waals surface area (Å²) in [7, 11) is 0. The van der Waals surface area contributed by atoms with Crippen molar-refractivity contribution in [2.24, 2.45) is 0 Å². The Morgan fingerprint density at radius 3 is 2.30 bits per heavy atom. The molecule has 0 atom stereocenters. The van der Waals surface area contributed by atoms with Gasteiger partial charge in [-0.05, 0) is 49.9 Å². The van der Waals surface area contributed by atoms with Gasteiger partial charge in [-0.1, -0.05) is 99.5 Å². The highest BCUT2D eigenvalue weighted by molar-refractivity contribution is 6.07. The molecule has 0 unspecified atom stereocenters. The van der Waals surface area contributed by atoms with E-state index in [9.17, 15) is 0 Å². The lowest BCUT2D eigenvalue weighted by Gasteiger charge is -2.26. The van der Waals surface area contributed by atoms with Crippen molar-refractivity contribution < 1.29 is 8.66 Å². The van der Waals surface area contributed by atoms with Crippen molar-refractivity contribution in [3.8, 4) is 11.3 Å². The Labute approximate surface area is 193 Å². The Balaban J connectivity index is 1.85. The van der Waals surface area contributed by atoms with Crippen LogP contribution in [0.3, 0.4) is 0 Å². The number of rotatable bonds is 1. The van der Waals surface area contributed by atoms with Crippen LogP contribution in [-0.2, 0) is 5.41 Å². The van der Waals surface area contributed by atoms with Crippen molar-refractivity contribution in [1.82, 2.24) is 0 Å². The van der Waals surface area contributed by atoms with Gasteiger partial charge in [0.1, 0.15) is 11.8 Å². The van der Waals surface area contributed by atoms with Crippen LogP contribution < -0.4 is 4.24 Å². The van der Waals surface area contributed by atoms with E-state index in [-0.39, 0.29) is 5.41 Å². The molecule has 0 saturated heterocycles. The molecule has 0 aliphatic carbocycles. The second-order valence-electron chi connectivity index (χ2n) is 10.0. The molecule has 0 spiro atoms. The van der Waals surface area contributed by atoms with E-state index in [1.165, 1.54) is 38.1 Å². The summed E-state index contributed by atoms with van der Waals surface area (Å²) in [5.41, 5.74) is 6.51. The molecule has 4 aromatic rings. The quantitative estimate of drug-likeness (QED) is 0.194. The molecule has 0 bridgehead atoms. The summed E-state index contributed by atoms with van der Waals surface area (Å²) in [4.78, 5) is 0. The SMILES string of the molecule is C=[n+]1ccc2c3cccc4cccc(oc=2[c-]1-c1cc(C(C)(C)C)c2ccccc2c1C)c43. The van der Waals surface area contributed by atoms with E-state index in [2.05, 4.69) is 113 Å². The van der Waals surface area contributed by atoms with E-state index < -0.39 is 0 Å². The third-order valence-corrected chi connectivity index (χ3v) is 6.91. The van der Waals surface area contributed by atoms with Crippen molar-refractivity contribution in [2.45, 2.75) is 33.1 Å². The first kappa shape index (κ1) is 19.9. The van der Waals surface area contributed by atoms with Crippen molar-refractivity contribution in [1.29, 1.82) is 0 Å². The summed E-state index contributed by atoms with van der Waals surface area (Å²) >= 11 is 0. The Morgan fingerprint density at radius 2 is 1.55 bits per heavy atom. The molecule has 0 N–H and O–H groups in total. The van der Waals surface area contributed by atoms with Gasteiger partial charge in [0.05, 0.1) is 6.72 Å². The van der Waals surface area contributed by atoms with Crippen LogP contribution >= 0.6 is 0 Å². The Morgan fingerprint density at radius 1 is 0.848 bits per heavy atom. The number of fused-ring (bicyclic) bond motifs is 2. The van der Waals surface area contributed by atoms with Gasteiger partial charge in [0, 0.05) is 5.39 Å². The summed E-state index contributed by atoms with van der Waals surface area (Å²) in [5.74, 6) is 0. The van der Waals surface area contributed by atoms with E-state index >= 15 is 0 Å². The van der Waals surface area contributed by atoms with Gasteiger partial charge < -0.3 is 4.42 Å². The van der Waals surface area contributed by atoms with Crippen LogP contribution in [0.5, 0.6) is 0 Å². The van der Waals surface area contributed by atoms with Gasteiger partial charge in [0.25, 0.3) is 0 Å². The largest absolute Gasteiger partial charge is 0.462 e. The fourth-order valence-corrected chi connectivity index (χ4v) is 5.28. The highest BCUT2D eigenvalue weighted by Gasteiger charge is 2.21. The van der Waals surface area contributed by atoms with Crippen LogP contribution in [0.4, 0.5) is 0 Å². The van der Waals surface area contributed by atoms with Gasteiger partial charge in [0.15, 0.2) is 11.1 Å². The fraction of sp³-hybridized carbons (Fsp3) is 0.161. The summed E-state index contributed by atoms with van der Waals surface area (Å²) in [6, 6.07) is 25.9. The fourth-order valence-electron chi connectivity index (χ4n) is 5.28. The van der Waals surface area contributed by atoms with E-state index in [1.54, 1.807) is 0 Å². The maximum Gasteiger partial charge on any atom is 0.190 e. The van der Waals surface area contributed by atoms with E-state index in [1.807, 2.05) is 4.24 Å². The minimum Gasteiger partial charge on any atom is -0.462 e. The first-order chi connectivity index (χ1) is 15.8. The number of aryl methyl sites for hydroxylation is 1. The molecule has 33 heavy (non-hydrogen) atoms. The van der Waals surface area contributed by atoms with E-state index in [0.717, 1.165) is 27.5 Å². The molecule has 0 radical (unpaired) electrons. The third kappa shape index (κ3) is 2.87. The van der Waals surface area contributed by atoms with Gasteiger partial charge in [-0.2, -0.15) is 0 Å². The van der Waals surface area contributed by atoms with Gasteiger partial charge in [-0.25, -0.2) is 0 Å². The number of aromatic nitrogens is 1. The second kappa shape index (κ2) is 6.86. The minimum atomic E-state index is 0.00193. The maximum atomic E-state index is 6.65. The molecule has 4 aromatic carbocycles. The molecule has 0 amide bonds. The number of benzene rings is 4. The smallest absolute Gasteiger partial charge is 0.190 e. The molecule has 2 heteroatoms. The summed E-state index contributed by atoms with van der Waals surface area (Å²) in [6.07, 6.45) is 2.05. The van der Waals surface area contributed by atoms with Crippen LogP contribution in [-0.4, -0.2) is 0 Å². The van der Waals surface area contributed by atoms with Crippen LogP contribution in [0.2, 0.25) is 0 Å². The zero-order valence-electron chi connectivity index (χ0n) is 19.6. The molecule has 2 aliphatic rings. The molecule has 0 fully saturated rings. The molecular weight excluding hydrogens is 402 g/mol. The number of hydrogen-bond acceptors (Lipinski definition) is 1. The van der Waals surface area contributed by atoms with Crippen molar-refractivity contribution >= 4 is 32.5 Å². The monoisotopic (exact) mass is 429 g/mol. The summed E-state index contributed by atoms with van der Waals surface area (Å²) < 4.78 is 8.60. The average Bonchev–Trinajstić information content (AvgIpc) is 2.80. The van der Waals surface area contributed by atoms with Crippen molar-refractivity contribution in [3.63, 3.8) is 0 Å². The molecule has 2 nitrogen and oxygen atoms in total. The van der Waals surface area contributed by atoms with Crippen LogP contribution in [0, 0.1) is 24.3 Å². The minimum absolute atomic E-state index is 0.00193. The third-order valence-electron chi connectivity index (χ3n) is 6.91. The predicted molar refractivity (Wildman–Crippen MR) is 136 cm³/mol. The normalized spacial score (nSPS) is 12.4. The first-order valence-corrected chi connectivity index (χ1v) is 11.5. The molecule has 0 saturated carbocycles. The lowest BCUT2D eigenvalue weighted by atomic mass is 9.80. The lowest BCUT2D eigenvalue weighted by molar-refractivity contribution is -0.487. The number of nitrogens with zero attached hydrogens (tertiary/aromatic N) is 1. The van der Waals surface area contributed by atoms with E-state index in [0.29, 0.717) is 0 Å². The van der Waals surface area contributed by atoms with Crippen molar-refractivity contribution in [2.75, 3.05) is 0 Å². The highest BCUT2D eigenvalue weighted by atomic mass is 16.3. The van der Waals surface area contributed by atoms with Gasteiger partial charge in [-0.15, -0.1) is 0 Å². The predicted octanol–water partition coefficient (Wildman–Crippen LogP) is 7.66. The maximum absolute atomic E-state index is 6.65. The van der Waals surface area contributed by atoms with Gasteiger partial charge in [0.2, 0.25) is 0 Å². The van der Waals surface area contributed by atoms with Gasteiger partial charge >= 0.3 is 0 Å². The van der Waals surface area contributed by atoms with Crippen LogP contribution in [0.1, 0.15) is 31.9 Å². The average molecular weight is 430 g/mol. The zero-order chi connectivity index (χ0) is 22.9. The van der Waals surface area contributed by atoms with E-state index in [4.69, 9.17) is 4.42 Å². The van der Waals surface area contributed by atoms with Crippen LogP contribution in [0.15, 0.2) is 83.4 Å². The molecule has 0 aromatic heterocycles. The topological polar surface area (TPSA) is 19.0 Å². The summed E-state index contributed by atoms with van der Waals surface area (Å²) in [5, 5.41) is 7.27. The molecule has 6 rings (SSSR count). The molecular formula is C31H27NO. The molecule has 2 heterocycles. The standard InChI is InChI=1S/C31H27NO/c1-19-21-12-6-7-13-22(21)26(31(2,3)4)18-25(19)29-30-24(16-17-32(29)5)23-14-8-10-20-11-9-15-27(33-30)28(20)23/h6-18H,5H2,1-4H3. The molecule has 162 valence electrons. The van der Waals surface area contributed by atoms with Crippen molar-refractivity contribution in [3.05, 3.63) is 107 Å². The zero-order valence-corrected chi connectivity index (χ0v) is 19.6. The molecule has 2 aliphatic heterocycles.